The molecule has 0 atom stereocenters. The fourth-order valence-corrected chi connectivity index (χ4v) is 2.33. The molecule has 0 radical (unpaired) electrons. The number of carbonyl (C=O) groups is 2. The fraction of sp³-hybridized carbons (Fsp3) is 0.267. The summed E-state index contributed by atoms with van der Waals surface area (Å²) in [6.07, 6.45) is 3.18. The van der Waals surface area contributed by atoms with Crippen LogP contribution in [0.15, 0.2) is 30.5 Å². The van der Waals surface area contributed by atoms with Gasteiger partial charge in [-0.3, -0.25) is 14.3 Å². The van der Waals surface area contributed by atoms with Crippen molar-refractivity contribution >= 4 is 40.9 Å². The molecule has 0 spiro atoms. The Morgan fingerprint density at radius 1 is 1.22 bits per heavy atom. The highest BCUT2D eigenvalue weighted by Crippen LogP contribution is 2.23. The van der Waals surface area contributed by atoms with Crippen LogP contribution >= 0.6 is 23.2 Å². The van der Waals surface area contributed by atoms with Crippen molar-refractivity contribution in [3.05, 3.63) is 46.1 Å². The van der Waals surface area contributed by atoms with Gasteiger partial charge >= 0.3 is 5.97 Å². The van der Waals surface area contributed by atoms with Crippen LogP contribution in [0.2, 0.25) is 10.0 Å². The first-order valence-electron chi connectivity index (χ1n) is 6.93. The Hall–Kier alpha value is -2.05. The zero-order chi connectivity index (χ0) is 16.8. The number of halogens is 2. The van der Waals surface area contributed by atoms with Crippen LogP contribution in [0, 0.1) is 0 Å². The first kappa shape index (κ1) is 17.3. The van der Waals surface area contributed by atoms with Crippen LogP contribution in [0.25, 0.3) is 0 Å². The topological polar surface area (TPSA) is 84.2 Å². The number of aryl methyl sites for hydroxylation is 1. The third-order valence-corrected chi connectivity index (χ3v) is 3.80. The summed E-state index contributed by atoms with van der Waals surface area (Å²) in [5.41, 5.74) is 1.01. The second-order valence-electron chi connectivity index (χ2n) is 4.94. The Bertz CT molecular complexity index is 716. The number of aliphatic carboxylic acids is 1. The molecule has 0 aliphatic carbocycles. The van der Waals surface area contributed by atoms with Crippen molar-refractivity contribution in [3.8, 4) is 0 Å². The minimum absolute atomic E-state index is 0.175. The number of aromatic nitrogens is 2. The summed E-state index contributed by atoms with van der Waals surface area (Å²) in [6.45, 7) is -0.243. The second kappa shape index (κ2) is 7.99. The van der Waals surface area contributed by atoms with E-state index >= 15 is 0 Å². The number of carbonyl (C=O) groups excluding carboxylic acids is 1. The summed E-state index contributed by atoms with van der Waals surface area (Å²) in [5.74, 6) is -0.830. The molecule has 1 amide bonds. The Labute approximate surface area is 143 Å². The molecule has 0 unspecified atom stereocenters. The van der Waals surface area contributed by atoms with E-state index in [4.69, 9.17) is 28.3 Å². The van der Waals surface area contributed by atoms with Crippen LogP contribution in [0.3, 0.4) is 0 Å². The number of nitrogens with zero attached hydrogens (tertiary/aromatic N) is 2. The quantitative estimate of drug-likeness (QED) is 0.798. The van der Waals surface area contributed by atoms with Crippen LogP contribution in [-0.2, 0) is 22.6 Å². The van der Waals surface area contributed by atoms with Crippen LogP contribution in [0.5, 0.6) is 0 Å². The molecular weight excluding hydrogens is 341 g/mol. The van der Waals surface area contributed by atoms with Gasteiger partial charge in [0.15, 0.2) is 5.82 Å². The second-order valence-corrected chi connectivity index (χ2v) is 5.76. The first-order chi connectivity index (χ1) is 10.9. The van der Waals surface area contributed by atoms with Crippen LogP contribution in [-0.4, -0.2) is 26.8 Å². The molecular formula is C15H15Cl2N3O3. The van der Waals surface area contributed by atoms with Crippen molar-refractivity contribution < 1.29 is 14.7 Å². The molecule has 0 aliphatic heterocycles. The summed E-state index contributed by atoms with van der Waals surface area (Å²) in [5, 5.41) is 16.2. The van der Waals surface area contributed by atoms with Gasteiger partial charge < -0.3 is 10.4 Å². The van der Waals surface area contributed by atoms with Gasteiger partial charge in [-0.15, -0.1) is 0 Å². The lowest BCUT2D eigenvalue weighted by Crippen LogP contribution is -2.13. The van der Waals surface area contributed by atoms with E-state index < -0.39 is 5.97 Å². The Morgan fingerprint density at radius 2 is 2.00 bits per heavy atom. The zero-order valence-corrected chi connectivity index (χ0v) is 13.6. The van der Waals surface area contributed by atoms with Gasteiger partial charge in [0.05, 0.1) is 10.0 Å². The molecule has 0 saturated carbocycles. The molecule has 1 heterocycles. The summed E-state index contributed by atoms with van der Waals surface area (Å²) in [7, 11) is 0. The molecule has 8 heteroatoms. The van der Waals surface area contributed by atoms with E-state index in [0.717, 1.165) is 5.56 Å². The number of anilines is 1. The molecule has 122 valence electrons. The standard InChI is InChI=1S/C15H15Cl2N3O3/c16-11-5-4-10(8-12(11)17)2-1-3-14(21)18-13-6-7-20(19-13)9-15(22)23/h4-8H,1-3,9H2,(H,22,23)(H,18,19,21). The van der Waals surface area contributed by atoms with E-state index in [1.165, 1.54) is 10.9 Å². The molecule has 0 aliphatic rings. The smallest absolute Gasteiger partial charge is 0.325 e. The fourth-order valence-electron chi connectivity index (χ4n) is 2.01. The van der Waals surface area contributed by atoms with Crippen LogP contribution in [0.1, 0.15) is 18.4 Å². The van der Waals surface area contributed by atoms with Crippen molar-refractivity contribution in [1.82, 2.24) is 9.78 Å². The van der Waals surface area contributed by atoms with Crippen molar-refractivity contribution in [1.29, 1.82) is 0 Å². The van der Waals surface area contributed by atoms with Gasteiger partial charge in [-0.25, -0.2) is 0 Å². The molecule has 0 bridgehead atoms. The van der Waals surface area contributed by atoms with Gasteiger partial charge in [0.2, 0.25) is 5.91 Å². The van der Waals surface area contributed by atoms with Gasteiger partial charge in [-0.2, -0.15) is 5.10 Å². The summed E-state index contributed by atoms with van der Waals surface area (Å²) in [6, 6.07) is 6.95. The van der Waals surface area contributed by atoms with E-state index in [2.05, 4.69) is 10.4 Å². The molecule has 2 aromatic rings. The predicted molar refractivity (Wildman–Crippen MR) is 87.9 cm³/mol. The summed E-state index contributed by atoms with van der Waals surface area (Å²) >= 11 is 11.8. The highest BCUT2D eigenvalue weighted by Gasteiger charge is 2.07. The molecule has 1 aromatic heterocycles. The van der Waals surface area contributed by atoms with Crippen molar-refractivity contribution in [2.45, 2.75) is 25.8 Å². The number of amides is 1. The molecule has 0 saturated heterocycles. The van der Waals surface area contributed by atoms with E-state index in [1.54, 1.807) is 18.2 Å². The average Bonchev–Trinajstić information content (AvgIpc) is 2.89. The normalized spacial score (nSPS) is 10.5. The minimum Gasteiger partial charge on any atom is -0.480 e. The lowest BCUT2D eigenvalue weighted by molar-refractivity contribution is -0.137. The van der Waals surface area contributed by atoms with Crippen molar-refractivity contribution in [2.75, 3.05) is 5.32 Å². The largest absolute Gasteiger partial charge is 0.480 e. The summed E-state index contributed by atoms with van der Waals surface area (Å²) in [4.78, 5) is 22.4. The van der Waals surface area contributed by atoms with Gasteiger partial charge in [-0.1, -0.05) is 29.3 Å². The molecule has 2 rings (SSSR count). The number of nitrogens with one attached hydrogen (secondary N) is 1. The minimum atomic E-state index is -0.993. The molecule has 1 aromatic carbocycles. The maximum absolute atomic E-state index is 11.8. The number of benzene rings is 1. The van der Waals surface area contributed by atoms with Gasteiger partial charge in [0, 0.05) is 18.7 Å². The Kier molecular flexibility index (Phi) is 6.01. The molecule has 23 heavy (non-hydrogen) atoms. The third kappa shape index (κ3) is 5.58. The van der Waals surface area contributed by atoms with Crippen LogP contribution < -0.4 is 5.32 Å². The number of carboxylic acids is 1. The number of carboxylic acid groups (broad SMARTS) is 1. The summed E-state index contributed by atoms with van der Waals surface area (Å²) < 4.78 is 1.24. The van der Waals surface area contributed by atoms with E-state index in [1.807, 2.05) is 6.07 Å². The SMILES string of the molecule is O=C(O)Cn1ccc(NC(=O)CCCc2ccc(Cl)c(Cl)c2)n1. The lowest BCUT2D eigenvalue weighted by Gasteiger charge is -2.04. The van der Waals surface area contributed by atoms with E-state index in [9.17, 15) is 9.59 Å². The Morgan fingerprint density at radius 3 is 2.70 bits per heavy atom. The van der Waals surface area contributed by atoms with Crippen molar-refractivity contribution in [2.24, 2.45) is 0 Å². The lowest BCUT2D eigenvalue weighted by atomic mass is 10.1. The number of hydrogen-bond donors (Lipinski definition) is 2. The molecule has 2 N–H and O–H groups in total. The number of rotatable bonds is 7. The number of hydrogen-bond acceptors (Lipinski definition) is 3. The van der Waals surface area contributed by atoms with E-state index in [-0.39, 0.29) is 12.5 Å². The van der Waals surface area contributed by atoms with Crippen molar-refractivity contribution in [3.63, 3.8) is 0 Å². The zero-order valence-electron chi connectivity index (χ0n) is 12.1. The average molecular weight is 356 g/mol. The maximum Gasteiger partial charge on any atom is 0.325 e. The monoisotopic (exact) mass is 355 g/mol. The highest BCUT2D eigenvalue weighted by atomic mass is 35.5. The first-order valence-corrected chi connectivity index (χ1v) is 7.68. The van der Waals surface area contributed by atoms with Gasteiger partial charge in [0.25, 0.3) is 0 Å². The maximum atomic E-state index is 11.8. The Balaban J connectivity index is 1.77. The van der Waals surface area contributed by atoms with E-state index in [0.29, 0.717) is 35.1 Å². The molecule has 6 nitrogen and oxygen atoms in total. The van der Waals surface area contributed by atoms with Crippen LogP contribution in [0.4, 0.5) is 5.82 Å². The third-order valence-electron chi connectivity index (χ3n) is 3.06. The van der Waals surface area contributed by atoms with Gasteiger partial charge in [-0.05, 0) is 30.5 Å². The van der Waals surface area contributed by atoms with Gasteiger partial charge in [0.1, 0.15) is 6.54 Å². The highest BCUT2D eigenvalue weighted by molar-refractivity contribution is 6.42. The predicted octanol–water partition coefficient (Wildman–Crippen LogP) is 3.24. The molecule has 0 fully saturated rings.